The molecule has 0 amide bonds. The fourth-order valence-electron chi connectivity index (χ4n) is 2.88. The van der Waals surface area contributed by atoms with E-state index in [-0.39, 0.29) is 12.1 Å². The summed E-state index contributed by atoms with van der Waals surface area (Å²) in [7, 11) is 5.86. The van der Waals surface area contributed by atoms with Crippen LogP contribution in [0.2, 0.25) is 0 Å². The molecule has 3 N–H and O–H groups in total. The van der Waals surface area contributed by atoms with Gasteiger partial charge in [-0.05, 0) is 20.5 Å². The number of imidazole rings is 1. The number of β-amino-alcohol motifs (C(OH)–C–C–N with tert-alkyl or cyclic N) is 1. The third-order valence-electron chi connectivity index (χ3n) is 3.73. The van der Waals surface area contributed by atoms with Gasteiger partial charge in [-0.15, -0.1) is 0 Å². The number of H-pyrrole nitrogens is 1. The number of aromatic amines is 1. The molecule has 0 bridgehead atoms. The van der Waals surface area contributed by atoms with Crippen molar-refractivity contribution in [1.82, 2.24) is 24.8 Å². The Balaban J connectivity index is 2.03. The fraction of sp³-hybridized carbons (Fsp3) is 0.615. The molecule has 3 rings (SSSR count). The summed E-state index contributed by atoms with van der Waals surface area (Å²) in [6.07, 6.45) is 2.03. The third-order valence-corrected chi connectivity index (χ3v) is 3.73. The van der Waals surface area contributed by atoms with Crippen LogP contribution in [-0.4, -0.2) is 76.3 Å². The maximum absolute atomic E-state index is 10.0. The van der Waals surface area contributed by atoms with E-state index in [2.05, 4.69) is 35.1 Å². The lowest BCUT2D eigenvalue weighted by Crippen LogP contribution is -2.38. The summed E-state index contributed by atoms with van der Waals surface area (Å²) in [5, 5.41) is 13.0. The lowest BCUT2D eigenvalue weighted by atomic mass is 10.2. The first kappa shape index (κ1) is 14.0. The SMILES string of the molecule is CNc1nc(N2CC(O)CC2CN(C)C)c2[nH]cnc2n1. The number of likely N-dealkylation sites (N-methyl/N-ethyl adjacent to an activating group) is 1. The van der Waals surface area contributed by atoms with Gasteiger partial charge in [0.25, 0.3) is 0 Å². The minimum atomic E-state index is -0.332. The van der Waals surface area contributed by atoms with Crippen molar-refractivity contribution < 1.29 is 5.11 Å². The first-order valence-electron chi connectivity index (χ1n) is 7.06. The molecule has 8 nitrogen and oxygen atoms in total. The van der Waals surface area contributed by atoms with Gasteiger partial charge in [-0.2, -0.15) is 9.97 Å². The molecule has 1 aliphatic heterocycles. The van der Waals surface area contributed by atoms with E-state index in [1.165, 1.54) is 0 Å². The molecule has 1 aliphatic rings. The van der Waals surface area contributed by atoms with Gasteiger partial charge in [0, 0.05) is 26.2 Å². The molecule has 2 atom stereocenters. The van der Waals surface area contributed by atoms with Crippen LogP contribution in [0.4, 0.5) is 11.8 Å². The Morgan fingerprint density at radius 2 is 2.29 bits per heavy atom. The van der Waals surface area contributed by atoms with Crippen LogP contribution >= 0.6 is 0 Å². The molecule has 21 heavy (non-hydrogen) atoms. The monoisotopic (exact) mass is 291 g/mol. The summed E-state index contributed by atoms with van der Waals surface area (Å²) in [6.45, 7) is 1.44. The molecule has 2 unspecified atom stereocenters. The molecule has 1 fully saturated rings. The molecule has 0 spiro atoms. The van der Waals surface area contributed by atoms with Crippen molar-refractivity contribution in [3.63, 3.8) is 0 Å². The molecule has 114 valence electrons. The van der Waals surface area contributed by atoms with Crippen LogP contribution in [0, 0.1) is 0 Å². The number of fused-ring (bicyclic) bond motifs is 1. The summed E-state index contributed by atoms with van der Waals surface area (Å²) in [5.41, 5.74) is 1.45. The van der Waals surface area contributed by atoms with Gasteiger partial charge in [-0.3, -0.25) is 0 Å². The molecule has 3 heterocycles. The Labute approximate surface area is 123 Å². The topological polar surface area (TPSA) is 93.2 Å². The van der Waals surface area contributed by atoms with E-state index in [0.717, 1.165) is 24.3 Å². The molecular weight excluding hydrogens is 270 g/mol. The highest BCUT2D eigenvalue weighted by Gasteiger charge is 2.33. The van der Waals surface area contributed by atoms with Crippen LogP contribution in [0.25, 0.3) is 11.2 Å². The number of nitrogens with zero attached hydrogens (tertiary/aromatic N) is 5. The number of anilines is 2. The fourth-order valence-corrected chi connectivity index (χ4v) is 2.88. The summed E-state index contributed by atoms with van der Waals surface area (Å²) < 4.78 is 0. The average Bonchev–Trinajstić information content (AvgIpc) is 3.03. The quantitative estimate of drug-likeness (QED) is 0.724. The number of hydrogen-bond donors (Lipinski definition) is 3. The molecule has 8 heteroatoms. The number of aromatic nitrogens is 4. The maximum Gasteiger partial charge on any atom is 0.226 e. The standard InChI is InChI=1S/C13H21N7O/c1-14-13-17-11-10(15-7-16-11)12(18-13)20-6-9(21)4-8(20)5-19(2)3/h7-9,21H,4-6H2,1-3H3,(H2,14,15,16,17,18). The molecule has 2 aromatic rings. The number of hydrogen-bond acceptors (Lipinski definition) is 7. The van der Waals surface area contributed by atoms with E-state index < -0.39 is 0 Å². The van der Waals surface area contributed by atoms with Gasteiger partial charge in [0.2, 0.25) is 5.95 Å². The third kappa shape index (κ3) is 2.64. The largest absolute Gasteiger partial charge is 0.391 e. The molecule has 0 radical (unpaired) electrons. The smallest absolute Gasteiger partial charge is 0.226 e. The van der Waals surface area contributed by atoms with E-state index >= 15 is 0 Å². The zero-order chi connectivity index (χ0) is 15.0. The highest BCUT2D eigenvalue weighted by Crippen LogP contribution is 2.29. The minimum Gasteiger partial charge on any atom is -0.391 e. The van der Waals surface area contributed by atoms with Crippen molar-refractivity contribution in [2.24, 2.45) is 0 Å². The first-order chi connectivity index (χ1) is 10.1. The predicted molar refractivity (Wildman–Crippen MR) is 81.5 cm³/mol. The van der Waals surface area contributed by atoms with Gasteiger partial charge < -0.3 is 25.2 Å². The molecule has 0 aliphatic carbocycles. The van der Waals surface area contributed by atoms with Crippen LogP contribution < -0.4 is 10.2 Å². The van der Waals surface area contributed by atoms with Gasteiger partial charge in [0.1, 0.15) is 5.52 Å². The summed E-state index contributed by atoms with van der Waals surface area (Å²) in [6, 6.07) is 0.223. The predicted octanol–water partition coefficient (Wildman–Crippen LogP) is -0.104. The lowest BCUT2D eigenvalue weighted by molar-refractivity contribution is 0.191. The molecule has 0 aromatic carbocycles. The van der Waals surface area contributed by atoms with Gasteiger partial charge in [0.05, 0.1) is 12.4 Å². The molecule has 0 saturated carbocycles. The maximum atomic E-state index is 10.0. The van der Waals surface area contributed by atoms with Gasteiger partial charge in [-0.1, -0.05) is 0 Å². The van der Waals surface area contributed by atoms with E-state index in [4.69, 9.17) is 0 Å². The molecular formula is C13H21N7O. The van der Waals surface area contributed by atoms with Crippen LogP contribution in [0.5, 0.6) is 0 Å². The zero-order valence-corrected chi connectivity index (χ0v) is 12.5. The second kappa shape index (κ2) is 5.45. The summed E-state index contributed by atoms with van der Waals surface area (Å²) in [4.78, 5) is 20.5. The van der Waals surface area contributed by atoms with Crippen molar-refractivity contribution >= 4 is 22.9 Å². The normalized spacial score (nSPS) is 22.4. The summed E-state index contributed by atoms with van der Waals surface area (Å²) in [5.74, 6) is 1.33. The Morgan fingerprint density at radius 3 is 3.00 bits per heavy atom. The van der Waals surface area contributed by atoms with E-state index in [1.807, 2.05) is 14.1 Å². The van der Waals surface area contributed by atoms with Crippen LogP contribution in [0.15, 0.2) is 6.33 Å². The summed E-state index contributed by atoms with van der Waals surface area (Å²) >= 11 is 0. The van der Waals surface area contributed by atoms with Crippen molar-refractivity contribution in [1.29, 1.82) is 0 Å². The second-order valence-electron chi connectivity index (χ2n) is 5.68. The van der Waals surface area contributed by atoms with Crippen LogP contribution in [-0.2, 0) is 0 Å². The second-order valence-corrected chi connectivity index (χ2v) is 5.68. The number of aliphatic hydroxyl groups excluding tert-OH is 1. The molecule has 2 aromatic heterocycles. The number of rotatable bonds is 4. The Hall–Kier alpha value is -1.93. The Kier molecular flexibility index (Phi) is 3.64. The van der Waals surface area contributed by atoms with Crippen molar-refractivity contribution in [2.75, 3.05) is 44.4 Å². The van der Waals surface area contributed by atoms with E-state index in [9.17, 15) is 5.11 Å². The number of aliphatic hydroxyl groups is 1. The zero-order valence-electron chi connectivity index (χ0n) is 12.5. The lowest BCUT2D eigenvalue weighted by Gasteiger charge is -2.28. The highest BCUT2D eigenvalue weighted by molar-refractivity contribution is 5.84. The van der Waals surface area contributed by atoms with Gasteiger partial charge >= 0.3 is 0 Å². The number of nitrogens with one attached hydrogen (secondary N) is 2. The average molecular weight is 291 g/mol. The van der Waals surface area contributed by atoms with E-state index in [0.29, 0.717) is 18.1 Å². The van der Waals surface area contributed by atoms with Crippen LogP contribution in [0.3, 0.4) is 0 Å². The molecule has 1 saturated heterocycles. The van der Waals surface area contributed by atoms with Gasteiger partial charge in [-0.25, -0.2) is 4.98 Å². The first-order valence-corrected chi connectivity index (χ1v) is 7.06. The minimum absolute atomic E-state index is 0.223. The Morgan fingerprint density at radius 1 is 1.48 bits per heavy atom. The van der Waals surface area contributed by atoms with Crippen molar-refractivity contribution in [2.45, 2.75) is 18.6 Å². The van der Waals surface area contributed by atoms with Crippen molar-refractivity contribution in [3.8, 4) is 0 Å². The van der Waals surface area contributed by atoms with Crippen molar-refractivity contribution in [3.05, 3.63) is 6.33 Å². The van der Waals surface area contributed by atoms with E-state index in [1.54, 1.807) is 13.4 Å². The highest BCUT2D eigenvalue weighted by atomic mass is 16.3. The Bertz CT molecular complexity index is 626. The van der Waals surface area contributed by atoms with Crippen LogP contribution in [0.1, 0.15) is 6.42 Å². The van der Waals surface area contributed by atoms with Gasteiger partial charge in [0.15, 0.2) is 11.5 Å².